The second-order valence-corrected chi connectivity index (χ2v) is 8.88. The lowest BCUT2D eigenvalue weighted by Crippen LogP contribution is -2.66. The van der Waals surface area contributed by atoms with Gasteiger partial charge in [0.25, 0.3) is 5.56 Å². The van der Waals surface area contributed by atoms with Gasteiger partial charge in [0.1, 0.15) is 24.1 Å². The molecule has 2 fully saturated rings. The van der Waals surface area contributed by atoms with Gasteiger partial charge in [0.2, 0.25) is 11.8 Å². The Morgan fingerprint density at radius 1 is 1.06 bits per heavy atom. The quantitative estimate of drug-likeness (QED) is 0.576. The van der Waals surface area contributed by atoms with Crippen LogP contribution in [0, 0.1) is 0 Å². The Bertz CT molecular complexity index is 1400. The Morgan fingerprint density at radius 2 is 1.84 bits per heavy atom. The lowest BCUT2D eigenvalue weighted by atomic mass is 9.64. The molecule has 5 aliphatic rings. The first-order valence-electron chi connectivity index (χ1n) is 10.5. The number of aromatic nitrogens is 2. The second kappa shape index (κ2) is 5.39. The maximum atomic E-state index is 13.4. The van der Waals surface area contributed by atoms with Crippen molar-refractivity contribution in [1.29, 1.82) is 0 Å². The minimum atomic E-state index is -0.676. The highest BCUT2D eigenvalue weighted by atomic mass is 16.2. The van der Waals surface area contributed by atoms with Gasteiger partial charge in [-0.25, -0.2) is 4.98 Å². The second-order valence-electron chi connectivity index (χ2n) is 8.88. The molecule has 5 aliphatic heterocycles. The number of benzene rings is 2. The fraction of sp³-hybridized carbons (Fsp3) is 0.304. The third-order valence-electron chi connectivity index (χ3n) is 7.47. The first kappa shape index (κ1) is 17.2. The van der Waals surface area contributed by atoms with Crippen molar-refractivity contribution in [2.24, 2.45) is 0 Å². The molecule has 5 atom stereocenters. The normalized spacial score (nSPS) is 32.4. The zero-order valence-electron chi connectivity index (χ0n) is 16.7. The Hall–Kier alpha value is -3.52. The predicted molar refractivity (Wildman–Crippen MR) is 113 cm³/mol. The number of carbonyl (C=O) groups is 2. The third-order valence-corrected chi connectivity index (χ3v) is 7.47. The highest BCUT2D eigenvalue weighted by Crippen LogP contribution is 2.59. The average molecular weight is 413 g/mol. The Morgan fingerprint density at radius 3 is 2.71 bits per heavy atom. The van der Waals surface area contributed by atoms with Gasteiger partial charge < -0.3 is 5.32 Å². The van der Waals surface area contributed by atoms with E-state index in [0.29, 0.717) is 23.1 Å². The van der Waals surface area contributed by atoms with Crippen LogP contribution in [0.2, 0.25) is 0 Å². The standard InChI is InChI=1S/C23H19N5O3/c1-11-20(30)28-15-9-5-3-7-13(15)23(22(28)24-11)10-16-19(29)26-17(23)18-25-14-8-4-2-6-12(14)21(31)27(16)18/h2-9,11,16-17,22,24H,10H2,1H3,(H,26,29)/t11-,16-,17+,22-,23-/m0/s1. The molecule has 1 spiro atoms. The molecule has 31 heavy (non-hydrogen) atoms. The van der Waals surface area contributed by atoms with Gasteiger partial charge in [0, 0.05) is 5.69 Å². The third kappa shape index (κ3) is 1.82. The minimum Gasteiger partial charge on any atom is -0.343 e. The van der Waals surface area contributed by atoms with Crippen LogP contribution in [0.15, 0.2) is 53.3 Å². The molecule has 0 radical (unpaired) electrons. The summed E-state index contributed by atoms with van der Waals surface area (Å²) in [6.07, 6.45) is 0.124. The van der Waals surface area contributed by atoms with Gasteiger partial charge in [0.15, 0.2) is 0 Å². The number of hydrogen-bond acceptors (Lipinski definition) is 5. The molecule has 1 aromatic heterocycles. The van der Waals surface area contributed by atoms with Gasteiger partial charge in [-0.15, -0.1) is 0 Å². The van der Waals surface area contributed by atoms with Crippen LogP contribution in [0.25, 0.3) is 10.9 Å². The lowest BCUT2D eigenvalue weighted by Gasteiger charge is -2.52. The Labute approximate surface area is 176 Å². The molecule has 0 aliphatic carbocycles. The van der Waals surface area contributed by atoms with Gasteiger partial charge in [-0.1, -0.05) is 30.3 Å². The summed E-state index contributed by atoms with van der Waals surface area (Å²) >= 11 is 0. The summed E-state index contributed by atoms with van der Waals surface area (Å²) in [5, 5.41) is 7.12. The summed E-state index contributed by atoms with van der Waals surface area (Å²) in [5.74, 6) is 0.409. The molecule has 154 valence electrons. The topological polar surface area (TPSA) is 96.3 Å². The van der Waals surface area contributed by atoms with Crippen molar-refractivity contribution in [3.63, 3.8) is 0 Å². The number of fused-ring (bicyclic) bond motifs is 5. The van der Waals surface area contributed by atoms with Crippen molar-refractivity contribution >= 4 is 28.4 Å². The SMILES string of the molecule is C[C@@H]1N[C@H]2N(C1=O)c1ccccc1[C@]21C[C@H]2C(=O)N[C@@H]1c1nc3ccccc3c(=O)n12. The number of nitrogens with zero attached hydrogens (tertiary/aromatic N) is 3. The van der Waals surface area contributed by atoms with Crippen LogP contribution < -0.4 is 21.1 Å². The van der Waals surface area contributed by atoms with E-state index < -0.39 is 17.5 Å². The first-order chi connectivity index (χ1) is 15.0. The molecule has 2 aromatic carbocycles. The monoisotopic (exact) mass is 413 g/mol. The molecular formula is C23H19N5O3. The molecule has 2 N–H and O–H groups in total. The van der Waals surface area contributed by atoms with E-state index >= 15 is 0 Å². The van der Waals surface area contributed by atoms with Gasteiger partial charge >= 0.3 is 0 Å². The molecule has 8 rings (SSSR count). The molecule has 8 nitrogen and oxygen atoms in total. The number of piperidine rings is 1. The van der Waals surface area contributed by atoms with Crippen LogP contribution in [0.3, 0.4) is 0 Å². The van der Waals surface area contributed by atoms with Gasteiger partial charge in [-0.05, 0) is 37.1 Å². The number of carbonyl (C=O) groups excluding carboxylic acids is 2. The van der Waals surface area contributed by atoms with E-state index in [0.717, 1.165) is 11.3 Å². The zero-order chi connectivity index (χ0) is 21.1. The maximum Gasteiger partial charge on any atom is 0.262 e. The summed E-state index contributed by atoms with van der Waals surface area (Å²) in [7, 11) is 0. The molecule has 2 bridgehead atoms. The van der Waals surface area contributed by atoms with E-state index in [9.17, 15) is 14.4 Å². The average Bonchev–Trinajstić information content (AvgIpc) is 3.22. The summed E-state index contributed by atoms with van der Waals surface area (Å²) in [4.78, 5) is 46.0. The van der Waals surface area contributed by atoms with E-state index in [-0.39, 0.29) is 29.6 Å². The fourth-order valence-corrected chi connectivity index (χ4v) is 6.18. The summed E-state index contributed by atoms with van der Waals surface area (Å²) < 4.78 is 1.57. The molecule has 8 heteroatoms. The van der Waals surface area contributed by atoms with Gasteiger partial charge in [-0.2, -0.15) is 0 Å². The zero-order valence-corrected chi connectivity index (χ0v) is 16.7. The summed E-state index contributed by atoms with van der Waals surface area (Å²) in [6.45, 7) is 1.86. The lowest BCUT2D eigenvalue weighted by molar-refractivity contribution is -0.132. The van der Waals surface area contributed by atoms with Crippen molar-refractivity contribution in [1.82, 2.24) is 20.2 Å². The van der Waals surface area contributed by atoms with E-state index in [4.69, 9.17) is 4.98 Å². The molecular weight excluding hydrogens is 394 g/mol. The van der Waals surface area contributed by atoms with Crippen molar-refractivity contribution in [2.75, 3.05) is 4.90 Å². The molecule has 0 saturated carbocycles. The van der Waals surface area contributed by atoms with Crippen LogP contribution in [-0.4, -0.2) is 33.6 Å². The Kier molecular flexibility index (Phi) is 2.99. The van der Waals surface area contributed by atoms with Crippen LogP contribution in [0.4, 0.5) is 5.69 Å². The number of rotatable bonds is 0. The van der Waals surface area contributed by atoms with Crippen molar-refractivity contribution in [2.45, 2.75) is 43.1 Å². The van der Waals surface area contributed by atoms with Crippen LogP contribution >= 0.6 is 0 Å². The highest BCUT2D eigenvalue weighted by Gasteiger charge is 2.67. The Balaban J connectivity index is 1.54. The summed E-state index contributed by atoms with van der Waals surface area (Å²) in [5.41, 5.74) is 1.70. The van der Waals surface area contributed by atoms with Gasteiger partial charge in [0.05, 0.1) is 22.4 Å². The van der Waals surface area contributed by atoms with E-state index in [2.05, 4.69) is 10.6 Å². The van der Waals surface area contributed by atoms with E-state index in [1.54, 1.807) is 10.6 Å². The van der Waals surface area contributed by atoms with Crippen molar-refractivity contribution < 1.29 is 9.59 Å². The number of anilines is 1. The number of amides is 2. The smallest absolute Gasteiger partial charge is 0.262 e. The fourth-order valence-electron chi connectivity index (χ4n) is 6.18. The number of para-hydroxylation sites is 2. The predicted octanol–water partition coefficient (Wildman–Crippen LogP) is 1.11. The molecule has 2 saturated heterocycles. The molecule has 3 aromatic rings. The van der Waals surface area contributed by atoms with E-state index in [1.165, 1.54) is 0 Å². The molecule has 6 heterocycles. The van der Waals surface area contributed by atoms with Gasteiger partial charge in [-0.3, -0.25) is 29.2 Å². The maximum absolute atomic E-state index is 13.4. The molecule has 2 amide bonds. The first-order valence-corrected chi connectivity index (χ1v) is 10.5. The van der Waals surface area contributed by atoms with Crippen molar-refractivity contribution in [3.05, 3.63) is 70.3 Å². The van der Waals surface area contributed by atoms with Crippen LogP contribution in [0.1, 0.15) is 36.8 Å². The number of hydrogen-bond donors (Lipinski definition) is 2. The highest BCUT2D eigenvalue weighted by molar-refractivity contribution is 6.03. The van der Waals surface area contributed by atoms with Crippen LogP contribution in [-0.2, 0) is 15.0 Å². The number of nitrogens with one attached hydrogen (secondary N) is 2. The largest absolute Gasteiger partial charge is 0.343 e. The minimum absolute atomic E-state index is 0.0194. The van der Waals surface area contributed by atoms with E-state index in [1.807, 2.05) is 54.3 Å². The summed E-state index contributed by atoms with van der Waals surface area (Å²) in [6, 6.07) is 13.6. The van der Waals surface area contributed by atoms with Crippen LogP contribution in [0.5, 0.6) is 0 Å². The molecule has 0 unspecified atom stereocenters. The van der Waals surface area contributed by atoms with Crippen molar-refractivity contribution in [3.8, 4) is 0 Å².